The molecule has 0 aliphatic carbocycles. The standard InChI is InChI=1S/C22H22N4O4S/c1-4-30-19-12-8-5-9-16(19)13-25-18-11-7-6-10-17(18)22(20(25)29)26(15(3)28)24-21(31-22)23-14(2)27/h5-12H,4,13H2,1-3H3,(H,23,24,27)/t22-/m0/s1. The Kier molecular flexibility index (Phi) is 5.45. The molecule has 2 aliphatic heterocycles. The molecule has 160 valence electrons. The molecule has 0 fully saturated rings. The van der Waals surface area contributed by atoms with E-state index in [0.717, 1.165) is 17.3 Å². The summed E-state index contributed by atoms with van der Waals surface area (Å²) >= 11 is 1.07. The number of fused-ring (bicyclic) bond motifs is 2. The number of benzene rings is 2. The van der Waals surface area contributed by atoms with Gasteiger partial charge in [0, 0.05) is 25.0 Å². The van der Waals surface area contributed by atoms with Gasteiger partial charge in [-0.15, -0.1) is 5.10 Å². The molecule has 0 aromatic heterocycles. The van der Waals surface area contributed by atoms with Gasteiger partial charge in [0.2, 0.25) is 16.7 Å². The SMILES string of the molecule is CCOc1ccccc1CN1C(=O)[C@@]2(SC(NC(C)=O)=NN2C(C)=O)c2ccccc21. The highest BCUT2D eigenvalue weighted by molar-refractivity contribution is 8.15. The second-order valence-electron chi connectivity index (χ2n) is 7.11. The number of thioether (sulfide) groups is 1. The van der Waals surface area contributed by atoms with Gasteiger partial charge in [0.25, 0.3) is 5.91 Å². The van der Waals surface area contributed by atoms with Crippen molar-refractivity contribution >= 4 is 40.3 Å². The summed E-state index contributed by atoms with van der Waals surface area (Å²) in [7, 11) is 0. The zero-order valence-corrected chi connectivity index (χ0v) is 18.2. The van der Waals surface area contributed by atoms with Crippen molar-refractivity contribution in [3.63, 3.8) is 0 Å². The van der Waals surface area contributed by atoms with Gasteiger partial charge in [-0.3, -0.25) is 14.4 Å². The lowest BCUT2D eigenvalue weighted by molar-refractivity contribution is -0.139. The summed E-state index contributed by atoms with van der Waals surface area (Å²) in [6, 6.07) is 14.9. The van der Waals surface area contributed by atoms with Crippen LogP contribution in [-0.2, 0) is 25.8 Å². The van der Waals surface area contributed by atoms with E-state index in [1.165, 1.54) is 18.9 Å². The molecule has 0 saturated carbocycles. The maximum atomic E-state index is 13.9. The first kappa shape index (κ1) is 20.9. The summed E-state index contributed by atoms with van der Waals surface area (Å²) < 4.78 is 5.73. The first-order chi connectivity index (χ1) is 14.9. The first-order valence-electron chi connectivity index (χ1n) is 9.86. The molecule has 0 radical (unpaired) electrons. The van der Waals surface area contributed by atoms with E-state index in [1.54, 1.807) is 4.90 Å². The van der Waals surface area contributed by atoms with Crippen LogP contribution >= 0.6 is 11.8 Å². The zero-order chi connectivity index (χ0) is 22.2. The maximum Gasteiger partial charge on any atom is 0.271 e. The topological polar surface area (TPSA) is 91.3 Å². The van der Waals surface area contributed by atoms with Crippen LogP contribution in [0.4, 0.5) is 5.69 Å². The normalized spacial score (nSPS) is 19.5. The third kappa shape index (κ3) is 3.44. The molecule has 4 rings (SSSR count). The number of carbonyl (C=O) groups excluding carboxylic acids is 3. The number of para-hydroxylation sites is 2. The third-order valence-electron chi connectivity index (χ3n) is 5.01. The van der Waals surface area contributed by atoms with Gasteiger partial charge in [-0.05, 0) is 30.8 Å². The lowest BCUT2D eigenvalue weighted by Gasteiger charge is -2.29. The number of carbonyl (C=O) groups is 3. The van der Waals surface area contributed by atoms with Gasteiger partial charge in [0.05, 0.1) is 18.8 Å². The lowest BCUT2D eigenvalue weighted by Crippen LogP contribution is -2.48. The smallest absolute Gasteiger partial charge is 0.271 e. The van der Waals surface area contributed by atoms with Crippen LogP contribution in [-0.4, -0.2) is 34.5 Å². The summed E-state index contributed by atoms with van der Waals surface area (Å²) in [6.45, 7) is 5.39. The summed E-state index contributed by atoms with van der Waals surface area (Å²) in [5.41, 5.74) is 2.19. The Labute approximate surface area is 184 Å². The Balaban J connectivity index is 1.78. The summed E-state index contributed by atoms with van der Waals surface area (Å²) in [4.78, 5) is 38.2. The summed E-state index contributed by atoms with van der Waals surface area (Å²) in [5.74, 6) is -0.321. The van der Waals surface area contributed by atoms with Gasteiger partial charge in [-0.25, -0.2) is 0 Å². The maximum absolute atomic E-state index is 13.9. The average molecular weight is 439 g/mol. The van der Waals surface area contributed by atoms with Crippen LogP contribution in [0.1, 0.15) is 31.9 Å². The van der Waals surface area contributed by atoms with Crippen molar-refractivity contribution in [1.82, 2.24) is 10.3 Å². The molecule has 1 atom stereocenters. The number of ether oxygens (including phenoxy) is 1. The van der Waals surface area contributed by atoms with E-state index in [9.17, 15) is 14.4 Å². The van der Waals surface area contributed by atoms with E-state index >= 15 is 0 Å². The number of anilines is 1. The molecule has 2 heterocycles. The van der Waals surface area contributed by atoms with Crippen molar-refractivity contribution < 1.29 is 19.1 Å². The minimum Gasteiger partial charge on any atom is -0.494 e. The van der Waals surface area contributed by atoms with Crippen molar-refractivity contribution in [1.29, 1.82) is 0 Å². The van der Waals surface area contributed by atoms with Crippen LogP contribution in [0, 0.1) is 0 Å². The van der Waals surface area contributed by atoms with E-state index < -0.39 is 10.8 Å². The number of nitrogens with one attached hydrogen (secondary N) is 1. The average Bonchev–Trinajstić information content (AvgIpc) is 3.22. The molecular weight excluding hydrogens is 416 g/mol. The molecule has 31 heavy (non-hydrogen) atoms. The molecule has 2 aromatic carbocycles. The lowest BCUT2D eigenvalue weighted by atomic mass is 10.1. The number of amidine groups is 1. The Morgan fingerprint density at radius 2 is 1.84 bits per heavy atom. The van der Waals surface area contributed by atoms with Crippen molar-refractivity contribution in [2.75, 3.05) is 11.5 Å². The molecule has 2 aliphatic rings. The van der Waals surface area contributed by atoms with Crippen LogP contribution in [0.2, 0.25) is 0 Å². The highest BCUT2D eigenvalue weighted by Gasteiger charge is 2.61. The second kappa shape index (κ2) is 8.07. The minimum absolute atomic E-state index is 0.211. The van der Waals surface area contributed by atoms with E-state index in [4.69, 9.17) is 4.74 Å². The Hall–Kier alpha value is -3.33. The van der Waals surface area contributed by atoms with Crippen LogP contribution in [0.3, 0.4) is 0 Å². The third-order valence-corrected chi connectivity index (χ3v) is 6.25. The van der Waals surface area contributed by atoms with Crippen LogP contribution in [0.25, 0.3) is 0 Å². The Morgan fingerprint density at radius 1 is 1.13 bits per heavy atom. The van der Waals surface area contributed by atoms with Gasteiger partial charge in [-0.1, -0.05) is 36.4 Å². The molecule has 0 unspecified atom stereocenters. The predicted octanol–water partition coefficient (Wildman–Crippen LogP) is 2.79. The molecule has 0 saturated heterocycles. The fourth-order valence-corrected chi connectivity index (χ4v) is 5.16. The highest BCUT2D eigenvalue weighted by atomic mass is 32.2. The number of hydrazone groups is 1. The Morgan fingerprint density at radius 3 is 2.55 bits per heavy atom. The molecule has 8 nitrogen and oxygen atoms in total. The quantitative estimate of drug-likeness (QED) is 0.793. The minimum atomic E-state index is -1.40. The van der Waals surface area contributed by atoms with Crippen molar-refractivity contribution in [2.24, 2.45) is 5.10 Å². The Bertz CT molecular complexity index is 1100. The van der Waals surface area contributed by atoms with E-state index in [-0.39, 0.29) is 23.5 Å². The summed E-state index contributed by atoms with van der Waals surface area (Å²) in [6.07, 6.45) is 0. The molecule has 3 amide bonds. The van der Waals surface area contributed by atoms with Gasteiger partial charge in [-0.2, -0.15) is 5.01 Å². The number of rotatable bonds is 4. The summed E-state index contributed by atoms with van der Waals surface area (Å²) in [5, 5.41) is 8.24. The van der Waals surface area contributed by atoms with Gasteiger partial charge >= 0.3 is 0 Å². The fourth-order valence-electron chi connectivity index (χ4n) is 3.82. The molecule has 1 N–H and O–H groups in total. The molecule has 1 spiro atoms. The van der Waals surface area contributed by atoms with E-state index in [2.05, 4.69) is 10.4 Å². The van der Waals surface area contributed by atoms with Crippen LogP contribution in [0.15, 0.2) is 53.6 Å². The molecular formula is C22H22N4O4S. The molecule has 2 aromatic rings. The number of nitrogens with zero attached hydrogens (tertiary/aromatic N) is 3. The van der Waals surface area contributed by atoms with E-state index in [0.29, 0.717) is 23.6 Å². The largest absolute Gasteiger partial charge is 0.494 e. The van der Waals surface area contributed by atoms with Crippen LogP contribution < -0.4 is 15.0 Å². The van der Waals surface area contributed by atoms with Gasteiger partial charge in [0.15, 0.2) is 5.17 Å². The van der Waals surface area contributed by atoms with Crippen molar-refractivity contribution in [3.8, 4) is 5.75 Å². The van der Waals surface area contributed by atoms with Crippen molar-refractivity contribution in [3.05, 3.63) is 59.7 Å². The fraction of sp³-hybridized carbons (Fsp3) is 0.273. The number of amides is 3. The van der Waals surface area contributed by atoms with Crippen LogP contribution in [0.5, 0.6) is 5.75 Å². The van der Waals surface area contributed by atoms with E-state index in [1.807, 2.05) is 55.5 Å². The van der Waals surface area contributed by atoms with Gasteiger partial charge < -0.3 is 15.0 Å². The van der Waals surface area contributed by atoms with Crippen molar-refractivity contribution in [2.45, 2.75) is 32.2 Å². The predicted molar refractivity (Wildman–Crippen MR) is 118 cm³/mol. The highest BCUT2D eigenvalue weighted by Crippen LogP contribution is 2.54. The number of hydrogen-bond acceptors (Lipinski definition) is 6. The second-order valence-corrected chi connectivity index (χ2v) is 8.29. The monoisotopic (exact) mass is 438 g/mol. The molecule has 9 heteroatoms. The van der Waals surface area contributed by atoms with Gasteiger partial charge in [0.1, 0.15) is 5.75 Å². The molecule has 0 bridgehead atoms. The number of hydrogen-bond donors (Lipinski definition) is 1. The zero-order valence-electron chi connectivity index (χ0n) is 17.4. The first-order valence-corrected chi connectivity index (χ1v) is 10.7.